The molecule has 0 aliphatic carbocycles. The minimum atomic E-state index is -1.87. The summed E-state index contributed by atoms with van der Waals surface area (Å²) in [6.07, 6.45) is -1.53. The van der Waals surface area contributed by atoms with Gasteiger partial charge in [0.1, 0.15) is 17.9 Å². The minimum absolute atomic E-state index is 0.0668. The first-order chi connectivity index (χ1) is 13.3. The quantitative estimate of drug-likeness (QED) is 0.657. The van der Waals surface area contributed by atoms with Crippen molar-refractivity contribution in [1.82, 2.24) is 10.2 Å². The normalized spacial score (nSPS) is 23.5. The zero-order chi connectivity index (χ0) is 20.4. The molecule has 0 spiro atoms. The van der Waals surface area contributed by atoms with Crippen molar-refractivity contribution < 1.29 is 27.9 Å². The van der Waals surface area contributed by atoms with Gasteiger partial charge in [-0.3, -0.25) is 19.8 Å². The van der Waals surface area contributed by atoms with Gasteiger partial charge in [-0.1, -0.05) is 15.9 Å². The molecule has 1 aromatic rings. The van der Waals surface area contributed by atoms with Crippen LogP contribution in [0, 0.1) is 11.7 Å². The number of nitrogens with two attached hydrogens (primary N) is 1. The Morgan fingerprint density at radius 1 is 1.29 bits per heavy atom. The molecule has 3 atom stereocenters. The van der Waals surface area contributed by atoms with E-state index in [0.29, 0.717) is 30.5 Å². The number of carbonyl (C=O) groups is 3. The van der Waals surface area contributed by atoms with Crippen LogP contribution in [0.15, 0.2) is 22.7 Å². The summed E-state index contributed by atoms with van der Waals surface area (Å²) in [7, 11) is 0. The molecule has 4 amide bonds. The van der Waals surface area contributed by atoms with E-state index in [9.17, 15) is 23.2 Å². The maximum Gasteiger partial charge on any atom is 0.331 e. The molecule has 10 heteroatoms. The van der Waals surface area contributed by atoms with Crippen LogP contribution < -0.4 is 11.1 Å². The number of urea groups is 1. The van der Waals surface area contributed by atoms with Crippen molar-refractivity contribution in [3.8, 4) is 0 Å². The molecule has 0 radical (unpaired) electrons. The molecule has 3 unspecified atom stereocenters. The average Bonchev–Trinajstić information content (AvgIpc) is 2.67. The van der Waals surface area contributed by atoms with Crippen LogP contribution in [0.5, 0.6) is 0 Å². The molecule has 3 N–H and O–H groups in total. The fraction of sp³-hybridized carbons (Fsp3) is 0.500. The second-order valence-corrected chi connectivity index (χ2v) is 7.76. The number of amides is 4. The number of nitrogens with zero attached hydrogens (tertiary/aromatic N) is 1. The van der Waals surface area contributed by atoms with Gasteiger partial charge in [-0.15, -0.1) is 0 Å². The Labute approximate surface area is 168 Å². The minimum Gasteiger partial charge on any atom is -0.381 e. The molecule has 1 aromatic carbocycles. The molecular formula is C18H20BrF2N3O4. The molecule has 2 saturated heterocycles. The van der Waals surface area contributed by atoms with Crippen molar-refractivity contribution in [1.29, 1.82) is 0 Å². The SMILES string of the molecule is NC(c1cc(Br)ccc1F)C(F)CC1C(=O)NC(=O)N(C2CCOCC2)C1=O. The Bertz CT molecular complexity index is 788. The number of ether oxygens (including phenoxy) is 1. The van der Waals surface area contributed by atoms with E-state index in [4.69, 9.17) is 10.5 Å². The highest BCUT2D eigenvalue weighted by Crippen LogP contribution is 2.29. The van der Waals surface area contributed by atoms with Crippen LogP contribution in [0.4, 0.5) is 13.6 Å². The van der Waals surface area contributed by atoms with Gasteiger partial charge in [-0.05, 0) is 31.0 Å². The van der Waals surface area contributed by atoms with Gasteiger partial charge in [-0.25, -0.2) is 13.6 Å². The molecule has 7 nitrogen and oxygen atoms in total. The maximum atomic E-state index is 14.8. The molecule has 2 fully saturated rings. The van der Waals surface area contributed by atoms with Crippen LogP contribution in [-0.4, -0.2) is 48.2 Å². The van der Waals surface area contributed by atoms with Crippen LogP contribution >= 0.6 is 15.9 Å². The zero-order valence-corrected chi connectivity index (χ0v) is 16.5. The van der Waals surface area contributed by atoms with Gasteiger partial charge in [0, 0.05) is 35.7 Å². The Hall–Kier alpha value is -1.91. The van der Waals surface area contributed by atoms with Gasteiger partial charge in [0.25, 0.3) is 0 Å². The predicted octanol–water partition coefficient (Wildman–Crippen LogP) is 2.19. The van der Waals surface area contributed by atoms with E-state index >= 15 is 0 Å². The third-order valence-electron chi connectivity index (χ3n) is 5.02. The number of imide groups is 2. The molecule has 2 heterocycles. The fourth-order valence-electron chi connectivity index (χ4n) is 3.47. The van der Waals surface area contributed by atoms with E-state index in [0.717, 1.165) is 11.0 Å². The van der Waals surface area contributed by atoms with E-state index in [-0.39, 0.29) is 5.56 Å². The second kappa shape index (κ2) is 8.62. The fourth-order valence-corrected chi connectivity index (χ4v) is 3.85. The Morgan fingerprint density at radius 3 is 2.64 bits per heavy atom. The number of nitrogens with one attached hydrogen (secondary N) is 1. The van der Waals surface area contributed by atoms with E-state index in [1.54, 1.807) is 0 Å². The molecule has 0 aromatic heterocycles. The van der Waals surface area contributed by atoms with Crippen molar-refractivity contribution in [3.63, 3.8) is 0 Å². The summed E-state index contributed by atoms with van der Waals surface area (Å²) >= 11 is 3.17. The lowest BCUT2D eigenvalue weighted by Crippen LogP contribution is -2.62. The van der Waals surface area contributed by atoms with Crippen molar-refractivity contribution in [2.45, 2.75) is 37.5 Å². The van der Waals surface area contributed by atoms with Crippen molar-refractivity contribution >= 4 is 33.8 Å². The standard InChI is InChI=1S/C18H20BrF2N3O4/c19-9-1-2-13(20)11(7-9)15(22)14(21)8-12-16(25)23-18(27)24(17(12)26)10-3-5-28-6-4-10/h1-2,7,10,12,14-15H,3-6,8,22H2,(H,23,25,27). The number of alkyl halides is 1. The number of barbiturate groups is 1. The monoisotopic (exact) mass is 459 g/mol. The first-order valence-electron chi connectivity index (χ1n) is 8.90. The number of hydrogen-bond donors (Lipinski definition) is 2. The van der Waals surface area contributed by atoms with Crippen LogP contribution in [0.25, 0.3) is 0 Å². The molecule has 152 valence electrons. The van der Waals surface area contributed by atoms with Gasteiger partial charge in [0.05, 0.1) is 6.04 Å². The highest BCUT2D eigenvalue weighted by Gasteiger charge is 2.45. The first-order valence-corrected chi connectivity index (χ1v) is 9.69. The van der Waals surface area contributed by atoms with Gasteiger partial charge in [-0.2, -0.15) is 0 Å². The lowest BCUT2D eigenvalue weighted by Gasteiger charge is -2.37. The summed E-state index contributed by atoms with van der Waals surface area (Å²) in [6.45, 7) is 0.776. The van der Waals surface area contributed by atoms with Crippen molar-refractivity contribution in [2.75, 3.05) is 13.2 Å². The van der Waals surface area contributed by atoms with E-state index in [2.05, 4.69) is 21.2 Å². The highest BCUT2D eigenvalue weighted by atomic mass is 79.9. The lowest BCUT2D eigenvalue weighted by molar-refractivity contribution is -0.146. The van der Waals surface area contributed by atoms with Crippen LogP contribution in [0.3, 0.4) is 0 Å². The van der Waals surface area contributed by atoms with Crippen LogP contribution in [-0.2, 0) is 14.3 Å². The Kier molecular flexibility index (Phi) is 6.41. The van der Waals surface area contributed by atoms with E-state index < -0.39 is 54.3 Å². The molecule has 0 saturated carbocycles. The number of benzene rings is 1. The predicted molar refractivity (Wildman–Crippen MR) is 98.3 cm³/mol. The first kappa shape index (κ1) is 20.8. The van der Waals surface area contributed by atoms with E-state index in [1.165, 1.54) is 12.1 Å². The summed E-state index contributed by atoms with van der Waals surface area (Å²) in [4.78, 5) is 38.1. The topological polar surface area (TPSA) is 102 Å². The lowest BCUT2D eigenvalue weighted by atomic mass is 9.91. The van der Waals surface area contributed by atoms with Gasteiger partial charge < -0.3 is 10.5 Å². The summed E-state index contributed by atoms with van der Waals surface area (Å²) in [5, 5.41) is 2.11. The van der Waals surface area contributed by atoms with Crippen molar-refractivity contribution in [2.24, 2.45) is 11.7 Å². The van der Waals surface area contributed by atoms with Gasteiger partial charge in [0.15, 0.2) is 0 Å². The van der Waals surface area contributed by atoms with Crippen LogP contribution in [0.1, 0.15) is 30.9 Å². The molecule has 2 aliphatic heterocycles. The van der Waals surface area contributed by atoms with Crippen LogP contribution in [0.2, 0.25) is 0 Å². The van der Waals surface area contributed by atoms with Gasteiger partial charge in [0.2, 0.25) is 11.8 Å². The summed E-state index contributed by atoms with van der Waals surface area (Å²) in [5.74, 6) is -3.72. The summed E-state index contributed by atoms with van der Waals surface area (Å²) in [6, 6.07) is 1.37. The molecule has 28 heavy (non-hydrogen) atoms. The average molecular weight is 460 g/mol. The zero-order valence-electron chi connectivity index (χ0n) is 14.9. The number of carbonyl (C=O) groups excluding carboxylic acids is 3. The summed E-state index contributed by atoms with van der Waals surface area (Å²) < 4.78 is 34.6. The number of halogens is 3. The third-order valence-corrected chi connectivity index (χ3v) is 5.52. The molecule has 0 bridgehead atoms. The number of hydrogen-bond acceptors (Lipinski definition) is 5. The molecule has 2 aliphatic rings. The van der Waals surface area contributed by atoms with Crippen molar-refractivity contribution in [3.05, 3.63) is 34.1 Å². The van der Waals surface area contributed by atoms with E-state index in [1.807, 2.05) is 0 Å². The third kappa shape index (κ3) is 4.23. The number of rotatable bonds is 5. The Balaban J connectivity index is 1.75. The highest BCUT2D eigenvalue weighted by molar-refractivity contribution is 9.10. The largest absolute Gasteiger partial charge is 0.381 e. The molecular weight excluding hydrogens is 440 g/mol. The molecule has 3 rings (SSSR count). The Morgan fingerprint density at radius 2 is 1.96 bits per heavy atom. The van der Waals surface area contributed by atoms with Gasteiger partial charge >= 0.3 is 6.03 Å². The smallest absolute Gasteiger partial charge is 0.331 e. The second-order valence-electron chi connectivity index (χ2n) is 6.84. The maximum absolute atomic E-state index is 14.8. The summed E-state index contributed by atoms with van der Waals surface area (Å²) in [5.41, 5.74) is 5.78.